The van der Waals surface area contributed by atoms with Gasteiger partial charge in [-0.15, -0.1) is 0 Å². The van der Waals surface area contributed by atoms with Crippen LogP contribution in [0.1, 0.15) is 10.4 Å². The Morgan fingerprint density at radius 1 is 1.06 bits per heavy atom. The maximum Gasteiger partial charge on any atom is 0.154 e. The van der Waals surface area contributed by atoms with Gasteiger partial charge in [0.05, 0.1) is 5.56 Å². The summed E-state index contributed by atoms with van der Waals surface area (Å²) in [5.74, 6) is 0.650. The first-order chi connectivity index (χ1) is 8.79. The highest BCUT2D eigenvalue weighted by molar-refractivity contribution is 6.00. The minimum atomic E-state index is -0.0297. The van der Waals surface area contributed by atoms with Crippen LogP contribution in [0, 0.1) is 0 Å². The second kappa shape index (κ2) is 4.04. The Morgan fingerprint density at radius 2 is 1.83 bits per heavy atom. The fraction of sp³-hybridized carbons (Fsp3) is 0. The van der Waals surface area contributed by atoms with Crippen LogP contribution >= 0.6 is 0 Å². The third-order valence-corrected chi connectivity index (χ3v) is 2.90. The van der Waals surface area contributed by atoms with Crippen molar-refractivity contribution >= 4 is 17.3 Å². The van der Waals surface area contributed by atoms with Gasteiger partial charge in [-0.2, -0.15) is 0 Å². The first-order valence-corrected chi connectivity index (χ1v) is 5.55. The number of rotatable bonds is 2. The van der Waals surface area contributed by atoms with E-state index in [9.17, 15) is 9.90 Å². The molecule has 88 valence electrons. The molecule has 0 atom stereocenters. The molecule has 2 aromatic carbocycles. The van der Waals surface area contributed by atoms with E-state index in [-0.39, 0.29) is 11.3 Å². The molecule has 0 aliphatic carbocycles. The zero-order chi connectivity index (χ0) is 12.5. The molecule has 0 spiro atoms. The van der Waals surface area contributed by atoms with E-state index >= 15 is 0 Å². The Bertz CT molecular complexity index is 711. The lowest BCUT2D eigenvalue weighted by Crippen LogP contribution is -1.81. The summed E-state index contributed by atoms with van der Waals surface area (Å²) in [4.78, 5) is 11.0. The van der Waals surface area contributed by atoms with Crippen molar-refractivity contribution in [1.29, 1.82) is 0 Å². The van der Waals surface area contributed by atoms with E-state index in [0.29, 0.717) is 23.0 Å². The molecule has 1 heterocycles. The number of aromatic hydroxyl groups is 1. The van der Waals surface area contributed by atoms with Crippen molar-refractivity contribution in [1.82, 2.24) is 0 Å². The van der Waals surface area contributed by atoms with Crippen LogP contribution in [0.15, 0.2) is 52.9 Å². The highest BCUT2D eigenvalue weighted by Crippen LogP contribution is 2.32. The highest BCUT2D eigenvalue weighted by Gasteiger charge is 2.12. The van der Waals surface area contributed by atoms with Crippen LogP contribution in [0.3, 0.4) is 0 Å². The average Bonchev–Trinajstić information content (AvgIpc) is 2.84. The monoisotopic (exact) mass is 238 g/mol. The van der Waals surface area contributed by atoms with Crippen LogP contribution in [-0.2, 0) is 0 Å². The van der Waals surface area contributed by atoms with Crippen LogP contribution < -0.4 is 0 Å². The molecule has 0 radical (unpaired) electrons. The number of aldehydes is 1. The molecule has 0 amide bonds. The summed E-state index contributed by atoms with van der Waals surface area (Å²) >= 11 is 0. The molecule has 1 N–H and O–H groups in total. The maximum absolute atomic E-state index is 11.0. The number of benzene rings is 2. The second-order valence-corrected chi connectivity index (χ2v) is 4.00. The van der Waals surface area contributed by atoms with Gasteiger partial charge in [0.2, 0.25) is 0 Å². The van der Waals surface area contributed by atoms with E-state index in [4.69, 9.17) is 4.42 Å². The minimum Gasteiger partial charge on any atom is -0.507 e. The van der Waals surface area contributed by atoms with Crippen LogP contribution in [-0.4, -0.2) is 11.4 Å². The highest BCUT2D eigenvalue weighted by atomic mass is 16.3. The van der Waals surface area contributed by atoms with Crippen LogP contribution in [0.4, 0.5) is 0 Å². The van der Waals surface area contributed by atoms with Crippen LogP contribution in [0.5, 0.6) is 5.75 Å². The largest absolute Gasteiger partial charge is 0.507 e. The number of furan rings is 1. The average molecular weight is 238 g/mol. The third-order valence-electron chi connectivity index (χ3n) is 2.90. The van der Waals surface area contributed by atoms with Gasteiger partial charge >= 0.3 is 0 Å². The van der Waals surface area contributed by atoms with E-state index in [0.717, 1.165) is 5.56 Å². The lowest BCUT2D eigenvalue weighted by Gasteiger charge is -1.96. The van der Waals surface area contributed by atoms with Crippen LogP contribution in [0.25, 0.3) is 22.3 Å². The summed E-state index contributed by atoms with van der Waals surface area (Å²) in [6.07, 6.45) is 0.641. The number of hydrogen-bond donors (Lipinski definition) is 1. The van der Waals surface area contributed by atoms with Gasteiger partial charge in [-0.1, -0.05) is 30.3 Å². The van der Waals surface area contributed by atoms with Gasteiger partial charge in [-0.25, -0.2) is 0 Å². The molecule has 3 rings (SSSR count). The molecule has 3 nitrogen and oxygen atoms in total. The third kappa shape index (κ3) is 1.57. The molecule has 0 fully saturated rings. The van der Waals surface area contributed by atoms with E-state index < -0.39 is 0 Å². The molecule has 3 heteroatoms. The van der Waals surface area contributed by atoms with Gasteiger partial charge in [-0.05, 0) is 18.2 Å². The number of phenols is 1. The minimum absolute atomic E-state index is 0.0297. The molecule has 3 aromatic rings. The number of carbonyl (C=O) groups excluding carboxylic acids is 1. The van der Waals surface area contributed by atoms with Gasteiger partial charge in [0.1, 0.15) is 17.1 Å². The summed E-state index contributed by atoms with van der Waals surface area (Å²) in [6.45, 7) is 0. The predicted octanol–water partition coefficient (Wildman–Crippen LogP) is 3.62. The van der Waals surface area contributed by atoms with E-state index in [1.54, 1.807) is 12.1 Å². The lowest BCUT2D eigenvalue weighted by atomic mass is 10.1. The van der Waals surface area contributed by atoms with Gasteiger partial charge in [0.15, 0.2) is 6.29 Å². The molecule has 18 heavy (non-hydrogen) atoms. The van der Waals surface area contributed by atoms with Crippen molar-refractivity contribution in [2.24, 2.45) is 0 Å². The zero-order valence-electron chi connectivity index (χ0n) is 9.46. The number of hydrogen-bond acceptors (Lipinski definition) is 3. The van der Waals surface area contributed by atoms with Crippen molar-refractivity contribution in [2.45, 2.75) is 0 Å². The Kier molecular flexibility index (Phi) is 2.38. The van der Waals surface area contributed by atoms with Gasteiger partial charge in [-0.3, -0.25) is 4.79 Å². The molecule has 0 bridgehead atoms. The quantitative estimate of drug-likeness (QED) is 0.694. The van der Waals surface area contributed by atoms with E-state index in [1.807, 2.05) is 30.3 Å². The molecular weight excluding hydrogens is 228 g/mol. The summed E-state index contributed by atoms with van der Waals surface area (Å²) in [5.41, 5.74) is 1.79. The molecule has 0 aliphatic heterocycles. The smallest absolute Gasteiger partial charge is 0.154 e. The molecule has 0 saturated heterocycles. The van der Waals surface area contributed by atoms with Crippen molar-refractivity contribution < 1.29 is 14.3 Å². The Morgan fingerprint density at radius 3 is 2.56 bits per heavy atom. The molecule has 0 saturated carbocycles. The Labute approximate surface area is 103 Å². The summed E-state index contributed by atoms with van der Waals surface area (Å²) in [7, 11) is 0. The van der Waals surface area contributed by atoms with Gasteiger partial charge in [0.25, 0.3) is 0 Å². The number of carbonyl (C=O) groups is 1. The number of phenolic OH excluding ortho intramolecular Hbond substituents is 1. The van der Waals surface area contributed by atoms with E-state index in [1.165, 1.54) is 6.07 Å². The predicted molar refractivity (Wildman–Crippen MR) is 68.7 cm³/mol. The fourth-order valence-corrected chi connectivity index (χ4v) is 1.99. The molecule has 0 aliphatic rings. The van der Waals surface area contributed by atoms with Crippen molar-refractivity contribution in [3.05, 3.63) is 54.1 Å². The van der Waals surface area contributed by atoms with Gasteiger partial charge < -0.3 is 9.52 Å². The topological polar surface area (TPSA) is 50.4 Å². The first kappa shape index (κ1) is 10.6. The standard InChI is InChI=1S/C15H10O3/c16-9-12-11-8-15(10-4-2-1-3-5-10)18-14(11)7-6-13(12)17/h1-9,17H. The number of fused-ring (bicyclic) bond motifs is 1. The van der Waals surface area contributed by atoms with Crippen molar-refractivity contribution in [3.63, 3.8) is 0 Å². The lowest BCUT2D eigenvalue weighted by molar-refractivity contribution is 0.112. The van der Waals surface area contributed by atoms with Crippen LogP contribution in [0.2, 0.25) is 0 Å². The normalized spacial score (nSPS) is 10.7. The molecule has 0 unspecified atom stereocenters. The fourth-order valence-electron chi connectivity index (χ4n) is 1.99. The van der Waals surface area contributed by atoms with Crippen molar-refractivity contribution in [2.75, 3.05) is 0 Å². The van der Waals surface area contributed by atoms with E-state index in [2.05, 4.69) is 0 Å². The Hall–Kier alpha value is -2.55. The summed E-state index contributed by atoms with van der Waals surface area (Å²) in [5, 5.41) is 10.2. The first-order valence-electron chi connectivity index (χ1n) is 5.55. The summed E-state index contributed by atoms with van der Waals surface area (Å²) < 4.78 is 5.68. The second-order valence-electron chi connectivity index (χ2n) is 4.00. The maximum atomic E-state index is 11.0. The van der Waals surface area contributed by atoms with Crippen molar-refractivity contribution in [3.8, 4) is 17.1 Å². The Balaban J connectivity index is 2.26. The summed E-state index contributed by atoms with van der Waals surface area (Å²) in [6, 6.07) is 14.5. The zero-order valence-corrected chi connectivity index (χ0v) is 9.46. The SMILES string of the molecule is O=Cc1c(O)ccc2oc(-c3ccccc3)cc12. The van der Waals surface area contributed by atoms with Gasteiger partial charge in [0, 0.05) is 10.9 Å². The molecular formula is C15H10O3. The molecule has 1 aromatic heterocycles.